The van der Waals surface area contributed by atoms with Crippen molar-refractivity contribution in [2.24, 2.45) is 0 Å². The zero-order chi connectivity index (χ0) is 17.0. The number of para-hydroxylation sites is 1. The second-order valence-electron chi connectivity index (χ2n) is 5.14. The third kappa shape index (κ3) is 4.35. The zero-order valence-electron chi connectivity index (χ0n) is 12.8. The van der Waals surface area contributed by atoms with Gasteiger partial charge in [0.05, 0.1) is 7.11 Å². The number of ether oxygens (including phenoxy) is 2. The lowest BCUT2D eigenvalue weighted by molar-refractivity contribution is -0.127. The van der Waals surface area contributed by atoms with Crippen LogP contribution in [0, 0.1) is 0 Å². The molecule has 23 heavy (non-hydrogen) atoms. The van der Waals surface area contributed by atoms with Gasteiger partial charge >= 0.3 is 12.0 Å². The summed E-state index contributed by atoms with van der Waals surface area (Å²) in [6, 6.07) is 3.80. The molecule has 1 saturated carbocycles. The number of urea groups is 1. The molecule has 0 radical (unpaired) electrons. The van der Waals surface area contributed by atoms with E-state index in [4.69, 9.17) is 9.47 Å². The molecule has 124 valence electrons. The van der Waals surface area contributed by atoms with Crippen LogP contribution in [-0.2, 0) is 9.53 Å². The highest BCUT2D eigenvalue weighted by atomic mass is 16.5. The molecule has 8 nitrogen and oxygen atoms in total. The van der Waals surface area contributed by atoms with Gasteiger partial charge < -0.3 is 19.9 Å². The Balaban J connectivity index is 1.93. The molecule has 1 aliphatic carbocycles. The summed E-state index contributed by atoms with van der Waals surface area (Å²) in [4.78, 5) is 35.3. The van der Waals surface area contributed by atoms with E-state index in [1.165, 1.54) is 32.2 Å². The van der Waals surface area contributed by atoms with Crippen LogP contribution in [0.15, 0.2) is 18.2 Å². The molecule has 0 heterocycles. The van der Waals surface area contributed by atoms with E-state index < -0.39 is 24.0 Å². The van der Waals surface area contributed by atoms with Gasteiger partial charge in [-0.2, -0.15) is 0 Å². The number of aromatic hydroxyl groups is 1. The molecule has 1 aromatic rings. The van der Waals surface area contributed by atoms with Gasteiger partial charge in [0.1, 0.15) is 5.56 Å². The molecule has 0 saturated heterocycles. The summed E-state index contributed by atoms with van der Waals surface area (Å²) in [5.41, 5.74) is -0.133. The first-order valence-corrected chi connectivity index (χ1v) is 7.10. The summed E-state index contributed by atoms with van der Waals surface area (Å²) < 4.78 is 9.85. The predicted octanol–water partition coefficient (Wildman–Crippen LogP) is 0.934. The number of imide groups is 1. The fourth-order valence-electron chi connectivity index (χ4n) is 1.79. The third-order valence-electron chi connectivity index (χ3n) is 3.24. The first kappa shape index (κ1) is 16.6. The van der Waals surface area contributed by atoms with E-state index in [0.29, 0.717) is 0 Å². The van der Waals surface area contributed by atoms with E-state index in [2.05, 4.69) is 10.6 Å². The largest absolute Gasteiger partial charge is 0.504 e. The molecule has 1 atom stereocenters. The van der Waals surface area contributed by atoms with E-state index >= 15 is 0 Å². The van der Waals surface area contributed by atoms with Crippen molar-refractivity contribution in [3.8, 4) is 11.5 Å². The highest BCUT2D eigenvalue weighted by Crippen LogP contribution is 2.29. The van der Waals surface area contributed by atoms with Gasteiger partial charge in [-0.3, -0.25) is 10.1 Å². The Morgan fingerprint density at radius 3 is 2.61 bits per heavy atom. The van der Waals surface area contributed by atoms with Crippen molar-refractivity contribution in [2.45, 2.75) is 31.9 Å². The maximum absolute atomic E-state index is 12.0. The number of hydrogen-bond donors (Lipinski definition) is 3. The van der Waals surface area contributed by atoms with Crippen LogP contribution in [0.25, 0.3) is 0 Å². The van der Waals surface area contributed by atoms with Crippen LogP contribution >= 0.6 is 0 Å². The van der Waals surface area contributed by atoms with Crippen LogP contribution in [-0.4, -0.2) is 42.3 Å². The second kappa shape index (κ2) is 6.99. The van der Waals surface area contributed by atoms with Crippen LogP contribution in [0.1, 0.15) is 30.1 Å². The topological polar surface area (TPSA) is 114 Å². The summed E-state index contributed by atoms with van der Waals surface area (Å²) >= 11 is 0. The van der Waals surface area contributed by atoms with Gasteiger partial charge in [-0.05, 0) is 31.9 Å². The van der Waals surface area contributed by atoms with Gasteiger partial charge in [-0.25, -0.2) is 9.59 Å². The Labute approximate surface area is 132 Å². The van der Waals surface area contributed by atoms with Gasteiger partial charge in [-0.1, -0.05) is 6.07 Å². The van der Waals surface area contributed by atoms with Crippen LogP contribution in [0.2, 0.25) is 0 Å². The van der Waals surface area contributed by atoms with Crippen molar-refractivity contribution in [1.82, 2.24) is 10.6 Å². The summed E-state index contributed by atoms with van der Waals surface area (Å²) in [5, 5.41) is 14.5. The second-order valence-corrected chi connectivity index (χ2v) is 5.14. The van der Waals surface area contributed by atoms with Crippen molar-refractivity contribution < 1.29 is 29.0 Å². The lowest BCUT2D eigenvalue weighted by atomic mass is 10.2. The first-order valence-electron chi connectivity index (χ1n) is 7.10. The van der Waals surface area contributed by atoms with Gasteiger partial charge in [0, 0.05) is 6.04 Å². The number of rotatable bonds is 5. The van der Waals surface area contributed by atoms with Crippen molar-refractivity contribution in [2.75, 3.05) is 7.11 Å². The average Bonchev–Trinajstić information content (AvgIpc) is 3.30. The number of benzene rings is 1. The minimum absolute atomic E-state index is 0.106. The van der Waals surface area contributed by atoms with E-state index in [9.17, 15) is 19.5 Å². The number of phenolic OH excluding ortho intramolecular Hbond substituents is 1. The number of amides is 3. The highest BCUT2D eigenvalue weighted by Gasteiger charge is 2.26. The minimum atomic E-state index is -1.20. The Morgan fingerprint density at radius 1 is 1.30 bits per heavy atom. The monoisotopic (exact) mass is 322 g/mol. The molecule has 3 N–H and O–H groups in total. The van der Waals surface area contributed by atoms with Crippen molar-refractivity contribution in [3.63, 3.8) is 0 Å². The van der Waals surface area contributed by atoms with Crippen LogP contribution < -0.4 is 15.4 Å². The highest BCUT2D eigenvalue weighted by molar-refractivity contribution is 5.99. The normalized spacial score (nSPS) is 14.5. The fraction of sp³-hybridized carbons (Fsp3) is 0.400. The standard InChI is InChI=1S/C15H18N2O6/c1-8(13(19)17-15(21)16-9-6-7-9)23-14(20)10-4-3-5-11(22-2)12(10)18/h3-5,8-9,18H,6-7H2,1-2H3,(H2,16,17,19,21)/t8-/m0/s1. The number of methoxy groups -OCH3 is 1. The lowest BCUT2D eigenvalue weighted by Crippen LogP contribution is -2.45. The third-order valence-corrected chi connectivity index (χ3v) is 3.24. The molecular weight excluding hydrogens is 304 g/mol. The Hall–Kier alpha value is -2.77. The van der Waals surface area contributed by atoms with Crippen molar-refractivity contribution in [3.05, 3.63) is 23.8 Å². The lowest BCUT2D eigenvalue weighted by Gasteiger charge is -2.14. The molecular formula is C15H18N2O6. The summed E-state index contributed by atoms with van der Waals surface area (Å²) in [5.74, 6) is -1.91. The number of carbonyl (C=O) groups excluding carboxylic acids is 3. The molecule has 0 aliphatic heterocycles. The van der Waals surface area contributed by atoms with E-state index in [0.717, 1.165) is 12.8 Å². The minimum Gasteiger partial charge on any atom is -0.504 e. The molecule has 0 spiro atoms. The molecule has 0 bridgehead atoms. The van der Waals surface area contributed by atoms with E-state index in [-0.39, 0.29) is 23.1 Å². The Kier molecular flexibility index (Phi) is 5.05. The van der Waals surface area contributed by atoms with Gasteiger partial charge in [0.25, 0.3) is 5.91 Å². The number of esters is 1. The predicted molar refractivity (Wildman–Crippen MR) is 79.2 cm³/mol. The molecule has 1 fully saturated rings. The zero-order valence-corrected chi connectivity index (χ0v) is 12.8. The number of nitrogens with one attached hydrogen (secondary N) is 2. The smallest absolute Gasteiger partial charge is 0.342 e. The quantitative estimate of drug-likeness (QED) is 0.695. The maximum atomic E-state index is 12.0. The Morgan fingerprint density at radius 2 is 2.00 bits per heavy atom. The summed E-state index contributed by atoms with van der Waals surface area (Å²) in [6.07, 6.45) is 0.584. The number of hydrogen-bond acceptors (Lipinski definition) is 6. The number of carbonyl (C=O) groups is 3. The van der Waals surface area contributed by atoms with Crippen LogP contribution in [0.4, 0.5) is 4.79 Å². The molecule has 3 amide bonds. The molecule has 1 aromatic carbocycles. The van der Waals surface area contributed by atoms with Crippen LogP contribution in [0.5, 0.6) is 11.5 Å². The summed E-state index contributed by atoms with van der Waals surface area (Å²) in [6.45, 7) is 1.33. The first-order chi connectivity index (χ1) is 10.9. The molecule has 1 aliphatic rings. The van der Waals surface area contributed by atoms with Crippen molar-refractivity contribution in [1.29, 1.82) is 0 Å². The van der Waals surface area contributed by atoms with Gasteiger partial charge in [0.15, 0.2) is 17.6 Å². The molecule has 2 rings (SSSR count). The maximum Gasteiger partial charge on any atom is 0.342 e. The van der Waals surface area contributed by atoms with Gasteiger partial charge in [0.2, 0.25) is 0 Å². The van der Waals surface area contributed by atoms with Crippen LogP contribution in [0.3, 0.4) is 0 Å². The van der Waals surface area contributed by atoms with E-state index in [1.54, 1.807) is 0 Å². The molecule has 0 aromatic heterocycles. The SMILES string of the molecule is COc1cccc(C(=O)O[C@@H](C)C(=O)NC(=O)NC2CC2)c1O. The Bertz CT molecular complexity index is 626. The molecule has 0 unspecified atom stereocenters. The average molecular weight is 322 g/mol. The fourth-order valence-corrected chi connectivity index (χ4v) is 1.79. The van der Waals surface area contributed by atoms with E-state index in [1.807, 2.05) is 0 Å². The molecule has 8 heteroatoms. The van der Waals surface area contributed by atoms with Crippen molar-refractivity contribution >= 4 is 17.9 Å². The number of phenols is 1. The van der Waals surface area contributed by atoms with Gasteiger partial charge in [-0.15, -0.1) is 0 Å². The summed E-state index contributed by atoms with van der Waals surface area (Å²) in [7, 11) is 1.35.